The van der Waals surface area contributed by atoms with Gasteiger partial charge in [0, 0.05) is 16.0 Å². The Kier molecular flexibility index (Phi) is 9.28. The van der Waals surface area contributed by atoms with Crippen LogP contribution in [-0.2, 0) is 0 Å². The van der Waals surface area contributed by atoms with Gasteiger partial charge in [-0.15, -0.1) is 0 Å². The van der Waals surface area contributed by atoms with Crippen molar-refractivity contribution >= 4 is 23.1 Å². The van der Waals surface area contributed by atoms with E-state index in [-0.39, 0.29) is 18.0 Å². The van der Waals surface area contributed by atoms with Crippen LogP contribution >= 0.6 is 11.8 Å². The monoisotopic (exact) mass is 580 g/mol. The molecule has 0 saturated carbocycles. The van der Waals surface area contributed by atoms with Gasteiger partial charge in [-0.2, -0.15) is 0 Å². The largest absolute Gasteiger partial charge is 0.493 e. The van der Waals surface area contributed by atoms with Crippen LogP contribution in [0.5, 0.6) is 40.2 Å². The minimum Gasteiger partial charge on any atom is -0.493 e. The second-order valence-corrected chi connectivity index (χ2v) is 10.8. The number of ketones is 1. The summed E-state index contributed by atoms with van der Waals surface area (Å²) in [4.78, 5) is 15.4. The van der Waals surface area contributed by atoms with Gasteiger partial charge in [-0.1, -0.05) is 17.8 Å². The highest BCUT2D eigenvalue weighted by Crippen LogP contribution is 2.51. The SMILES string of the molecule is COc1ccc(C(=C2Sc3cc(OC)c(OC(C)C)cc3C2=O)c2cc(OC)c(OC)c(OC)c2)cc1OC(C)C. The van der Waals surface area contributed by atoms with E-state index in [9.17, 15) is 4.79 Å². The minimum absolute atomic E-state index is 0.0880. The molecule has 0 fully saturated rings. The number of hydrogen-bond donors (Lipinski definition) is 0. The number of carbonyl (C=O) groups excluding carboxylic acids is 1. The summed E-state index contributed by atoms with van der Waals surface area (Å²) < 4.78 is 40.1. The molecule has 0 N–H and O–H groups in total. The maximum absolute atomic E-state index is 14.1. The summed E-state index contributed by atoms with van der Waals surface area (Å²) in [5, 5.41) is 0. The Hall–Kier alpha value is -3.98. The Morgan fingerprint density at radius 2 is 1.15 bits per heavy atom. The molecule has 0 saturated heterocycles. The molecule has 0 bridgehead atoms. The van der Waals surface area contributed by atoms with E-state index >= 15 is 0 Å². The Labute approximate surface area is 245 Å². The van der Waals surface area contributed by atoms with Gasteiger partial charge in [0.15, 0.2) is 34.5 Å². The van der Waals surface area contributed by atoms with E-state index < -0.39 is 0 Å². The van der Waals surface area contributed by atoms with Crippen molar-refractivity contribution in [1.29, 1.82) is 0 Å². The predicted octanol–water partition coefficient (Wildman–Crippen LogP) is 7.05. The zero-order valence-corrected chi connectivity index (χ0v) is 25.7. The summed E-state index contributed by atoms with van der Waals surface area (Å²) in [6.45, 7) is 7.75. The van der Waals surface area contributed by atoms with Gasteiger partial charge in [-0.3, -0.25) is 4.79 Å². The molecular weight excluding hydrogens is 544 g/mol. The first-order valence-corrected chi connectivity index (χ1v) is 14.0. The number of fused-ring (bicyclic) bond motifs is 1. The van der Waals surface area contributed by atoms with Gasteiger partial charge in [0.2, 0.25) is 11.5 Å². The number of thioether (sulfide) groups is 1. The number of carbonyl (C=O) groups is 1. The van der Waals surface area contributed by atoms with Crippen LogP contribution in [-0.4, -0.2) is 53.5 Å². The van der Waals surface area contributed by atoms with Gasteiger partial charge >= 0.3 is 0 Å². The van der Waals surface area contributed by atoms with Crippen LogP contribution in [0.4, 0.5) is 0 Å². The van der Waals surface area contributed by atoms with Crippen LogP contribution in [0.25, 0.3) is 5.57 Å². The van der Waals surface area contributed by atoms with E-state index in [1.807, 2.05) is 64.1 Å². The van der Waals surface area contributed by atoms with Crippen molar-refractivity contribution < 1.29 is 38.0 Å². The summed E-state index contributed by atoms with van der Waals surface area (Å²) in [6.07, 6.45) is -0.176. The molecule has 3 aromatic carbocycles. The number of benzene rings is 3. The smallest absolute Gasteiger partial charge is 0.203 e. The zero-order valence-electron chi connectivity index (χ0n) is 24.9. The normalized spacial score (nSPS) is 13.7. The van der Waals surface area contributed by atoms with E-state index in [0.29, 0.717) is 61.9 Å². The molecular formula is C32H36O8S. The van der Waals surface area contributed by atoms with E-state index in [2.05, 4.69) is 0 Å². The lowest BCUT2D eigenvalue weighted by atomic mass is 9.94. The van der Waals surface area contributed by atoms with Crippen LogP contribution in [0.3, 0.4) is 0 Å². The van der Waals surface area contributed by atoms with E-state index in [1.165, 1.54) is 11.8 Å². The highest BCUT2D eigenvalue weighted by Gasteiger charge is 2.33. The van der Waals surface area contributed by atoms with Crippen molar-refractivity contribution in [3.05, 3.63) is 64.1 Å². The van der Waals surface area contributed by atoms with Gasteiger partial charge in [0.1, 0.15) is 0 Å². The average Bonchev–Trinajstić information content (AvgIpc) is 3.26. The van der Waals surface area contributed by atoms with Gasteiger partial charge in [-0.25, -0.2) is 0 Å². The van der Waals surface area contributed by atoms with Crippen molar-refractivity contribution in [3.63, 3.8) is 0 Å². The first-order valence-electron chi connectivity index (χ1n) is 13.2. The molecule has 0 amide bonds. The van der Waals surface area contributed by atoms with Crippen molar-refractivity contribution in [2.24, 2.45) is 0 Å². The molecule has 9 heteroatoms. The molecule has 0 unspecified atom stereocenters. The van der Waals surface area contributed by atoms with Crippen LogP contribution in [0, 0.1) is 0 Å². The van der Waals surface area contributed by atoms with Gasteiger partial charge < -0.3 is 33.2 Å². The minimum atomic E-state index is -0.132. The van der Waals surface area contributed by atoms with Crippen molar-refractivity contribution in [1.82, 2.24) is 0 Å². The summed E-state index contributed by atoms with van der Waals surface area (Å²) in [6, 6.07) is 12.9. The molecule has 1 aliphatic rings. The second kappa shape index (κ2) is 12.7. The maximum Gasteiger partial charge on any atom is 0.203 e. The fourth-order valence-corrected chi connectivity index (χ4v) is 5.77. The summed E-state index contributed by atoms with van der Waals surface area (Å²) in [7, 11) is 7.85. The fourth-order valence-electron chi connectivity index (χ4n) is 4.58. The highest BCUT2D eigenvalue weighted by atomic mass is 32.2. The number of rotatable bonds is 11. The molecule has 3 aromatic rings. The zero-order chi connectivity index (χ0) is 29.8. The van der Waals surface area contributed by atoms with Gasteiger partial charge in [0.25, 0.3) is 0 Å². The standard InChI is InChI=1S/C32H36O8S/c1-17(2)39-24-12-19(10-11-22(24)34-5)29(20-13-26(36-7)31(38-9)27(14-20)37-8)32-30(33)21-15-25(40-18(3)4)23(35-6)16-28(21)41-32/h10-18H,1-9H3. The molecule has 1 aliphatic heterocycles. The van der Waals surface area contributed by atoms with E-state index in [4.69, 9.17) is 33.2 Å². The number of Topliss-reactive ketones (excluding diaryl/α,β-unsaturated/α-hetero) is 1. The van der Waals surface area contributed by atoms with Crippen molar-refractivity contribution in [3.8, 4) is 40.2 Å². The van der Waals surface area contributed by atoms with Gasteiger partial charge in [-0.05, 0) is 75.2 Å². The quantitative estimate of drug-likeness (QED) is 0.222. The lowest BCUT2D eigenvalue weighted by Crippen LogP contribution is -2.08. The predicted molar refractivity (Wildman–Crippen MR) is 160 cm³/mol. The molecule has 0 radical (unpaired) electrons. The fraction of sp³-hybridized carbons (Fsp3) is 0.344. The second-order valence-electron chi connectivity index (χ2n) is 9.75. The topological polar surface area (TPSA) is 81.7 Å². The Balaban J connectivity index is 2.01. The molecule has 0 aliphatic carbocycles. The van der Waals surface area contributed by atoms with Gasteiger partial charge in [0.05, 0.1) is 52.7 Å². The third kappa shape index (κ3) is 6.05. The molecule has 218 valence electrons. The molecule has 8 nitrogen and oxygen atoms in total. The Bertz CT molecular complexity index is 1450. The number of allylic oxidation sites excluding steroid dienone is 1. The molecule has 4 rings (SSSR count). The first-order chi connectivity index (χ1) is 19.6. The lowest BCUT2D eigenvalue weighted by Gasteiger charge is -2.19. The highest BCUT2D eigenvalue weighted by molar-refractivity contribution is 8.05. The van der Waals surface area contributed by atoms with Crippen LogP contribution in [0.2, 0.25) is 0 Å². The van der Waals surface area contributed by atoms with Crippen molar-refractivity contribution in [2.75, 3.05) is 35.5 Å². The molecule has 0 spiro atoms. The molecule has 1 heterocycles. The summed E-state index contributed by atoms with van der Waals surface area (Å²) in [5.74, 6) is 3.48. The number of hydrogen-bond acceptors (Lipinski definition) is 9. The first kappa shape index (κ1) is 30.0. The lowest BCUT2D eigenvalue weighted by molar-refractivity contribution is 0.104. The van der Waals surface area contributed by atoms with Crippen LogP contribution in [0.15, 0.2) is 52.3 Å². The average molecular weight is 581 g/mol. The Morgan fingerprint density at radius 1 is 0.610 bits per heavy atom. The van der Waals surface area contributed by atoms with Crippen molar-refractivity contribution in [2.45, 2.75) is 44.8 Å². The summed E-state index contributed by atoms with van der Waals surface area (Å²) in [5.41, 5.74) is 2.68. The number of methoxy groups -OCH3 is 5. The maximum atomic E-state index is 14.1. The molecule has 0 aromatic heterocycles. The molecule has 41 heavy (non-hydrogen) atoms. The third-order valence-electron chi connectivity index (χ3n) is 6.29. The van der Waals surface area contributed by atoms with E-state index in [0.717, 1.165) is 10.5 Å². The van der Waals surface area contributed by atoms with E-state index in [1.54, 1.807) is 41.6 Å². The third-order valence-corrected chi connectivity index (χ3v) is 7.44. The van der Waals surface area contributed by atoms with Crippen LogP contribution in [0.1, 0.15) is 49.2 Å². The Morgan fingerprint density at radius 3 is 1.66 bits per heavy atom. The molecule has 0 atom stereocenters. The van der Waals surface area contributed by atoms with Crippen LogP contribution < -0.4 is 33.2 Å². The number of ether oxygens (including phenoxy) is 7. The summed E-state index contributed by atoms with van der Waals surface area (Å²) >= 11 is 1.38.